The molecule has 1 aliphatic carbocycles. The molecular weight excluding hydrogens is 834 g/mol. The normalized spacial score (nSPS) is 17.2. The monoisotopic (exact) mass is 889 g/mol. The van der Waals surface area contributed by atoms with E-state index >= 15 is 0 Å². The van der Waals surface area contributed by atoms with Gasteiger partial charge in [-0.25, -0.2) is 4.98 Å². The van der Waals surface area contributed by atoms with Gasteiger partial charge in [0.15, 0.2) is 0 Å². The maximum atomic E-state index is 14.2. The number of aromatic nitrogens is 3. The van der Waals surface area contributed by atoms with Crippen molar-refractivity contribution in [3.8, 4) is 0 Å². The number of benzene rings is 3. The van der Waals surface area contributed by atoms with E-state index in [0.29, 0.717) is 45.7 Å². The second-order valence-electron chi connectivity index (χ2n) is 17.7. The van der Waals surface area contributed by atoms with Gasteiger partial charge in [0.1, 0.15) is 6.04 Å². The van der Waals surface area contributed by atoms with Gasteiger partial charge in [-0.2, -0.15) is 0 Å². The van der Waals surface area contributed by atoms with Crippen LogP contribution >= 0.6 is 11.6 Å². The Bertz CT molecular complexity index is 2610. The first-order valence-corrected chi connectivity index (χ1v) is 22.6. The number of carbonyl (C=O) groups is 4. The Kier molecular flexibility index (Phi) is 13.7. The number of nitrogens with zero attached hydrogens (tertiary/aromatic N) is 7. The summed E-state index contributed by atoms with van der Waals surface area (Å²) >= 11 is 6.76. The quantitative estimate of drug-likeness (QED) is 0.158. The highest BCUT2D eigenvalue weighted by atomic mass is 35.5. The standard InChI is InChI=1S/C48H56ClN9O6/c1-54-22-24-56(25-23-54)19-16-42(59)51-34-13-15-37-39(28-34)50-31-58(46(37)62)30-48(64)17-20-57(21-18-48)47(63)41(26-32-8-4-3-5-9-32)53-43(60)29-55(2)45(61)33-12-14-36-40(27-33)52-38-11-7-6-10-35(38)44(36)49/h3-5,8-9,12-15,27-28,31,41,64H,6-7,10-11,16-26,29-30H2,1-2H3,(H,51,59)(H,53,60)/t41-/m0/s1. The Labute approximate surface area is 377 Å². The van der Waals surface area contributed by atoms with Gasteiger partial charge in [-0.15, -0.1) is 0 Å². The van der Waals surface area contributed by atoms with Crippen molar-refractivity contribution in [2.75, 3.05) is 71.8 Å². The minimum atomic E-state index is -1.29. The molecule has 0 spiro atoms. The molecule has 15 nitrogen and oxygen atoms in total. The Balaban J connectivity index is 0.873. The average Bonchev–Trinajstić information content (AvgIpc) is 3.29. The first kappa shape index (κ1) is 44.9. The van der Waals surface area contributed by atoms with Crippen LogP contribution in [0.2, 0.25) is 5.02 Å². The summed E-state index contributed by atoms with van der Waals surface area (Å²) in [5.74, 6) is -1.27. The number of nitrogens with one attached hydrogen (secondary N) is 2. The van der Waals surface area contributed by atoms with E-state index in [2.05, 4.69) is 32.5 Å². The van der Waals surface area contributed by atoms with Crippen LogP contribution in [0.3, 0.4) is 0 Å². The fraction of sp³-hybridized carbons (Fsp3) is 0.438. The number of likely N-dealkylation sites (N-methyl/N-ethyl adjacent to an activating group) is 2. The number of aliphatic hydroxyl groups is 1. The SMILES string of the molecule is CN1CCN(CCC(=O)Nc2ccc3c(=O)n(CC4(O)CCN(C(=O)[C@H](Cc5ccccc5)NC(=O)CN(C)C(=O)c5ccc6c(Cl)c7c(nc6c5)CCCC7)CC4)cnc3c2)CC1. The van der Waals surface area contributed by atoms with E-state index in [1.807, 2.05) is 36.4 Å². The summed E-state index contributed by atoms with van der Waals surface area (Å²) in [6.07, 6.45) is 6.24. The smallest absolute Gasteiger partial charge is 0.261 e. The number of halogens is 1. The Morgan fingerprint density at radius 1 is 0.891 bits per heavy atom. The zero-order valence-electron chi connectivity index (χ0n) is 36.5. The molecule has 4 amide bonds. The molecule has 0 saturated carbocycles. The number of pyridine rings is 1. The topological polar surface area (TPSA) is 173 Å². The van der Waals surface area contributed by atoms with Crippen molar-refractivity contribution in [2.45, 2.75) is 69.6 Å². The fourth-order valence-electron chi connectivity index (χ4n) is 9.04. The lowest BCUT2D eigenvalue weighted by atomic mass is 9.90. The number of rotatable bonds is 13. The molecule has 336 valence electrons. The summed E-state index contributed by atoms with van der Waals surface area (Å²) in [4.78, 5) is 84.5. The van der Waals surface area contributed by atoms with Gasteiger partial charge in [-0.3, -0.25) is 33.5 Å². The first-order chi connectivity index (χ1) is 30.8. The third-order valence-corrected chi connectivity index (χ3v) is 13.3. The molecule has 1 atom stereocenters. The Morgan fingerprint density at radius 3 is 2.39 bits per heavy atom. The molecule has 64 heavy (non-hydrogen) atoms. The van der Waals surface area contributed by atoms with Crippen molar-refractivity contribution >= 4 is 62.7 Å². The highest BCUT2D eigenvalue weighted by Crippen LogP contribution is 2.33. The van der Waals surface area contributed by atoms with Crippen LogP contribution in [0.1, 0.15) is 59.3 Å². The first-order valence-electron chi connectivity index (χ1n) is 22.2. The minimum absolute atomic E-state index is 0.0192. The summed E-state index contributed by atoms with van der Waals surface area (Å²) in [7, 11) is 3.64. The number of fused-ring (bicyclic) bond motifs is 3. The lowest BCUT2D eigenvalue weighted by molar-refractivity contribution is -0.140. The van der Waals surface area contributed by atoms with Gasteiger partial charge in [0.2, 0.25) is 17.7 Å². The molecular formula is C48H56ClN9O6. The van der Waals surface area contributed by atoms with E-state index in [9.17, 15) is 29.1 Å². The van der Waals surface area contributed by atoms with Gasteiger partial charge in [0.05, 0.1) is 46.5 Å². The molecule has 5 aromatic rings. The molecule has 0 unspecified atom stereocenters. The van der Waals surface area contributed by atoms with Crippen molar-refractivity contribution in [3.63, 3.8) is 0 Å². The summed E-state index contributed by atoms with van der Waals surface area (Å²) in [5, 5.41) is 19.4. The number of piperazine rings is 1. The molecule has 0 bridgehead atoms. The van der Waals surface area contributed by atoms with Gasteiger partial charge in [0.25, 0.3) is 11.5 Å². The van der Waals surface area contributed by atoms with Crippen LogP contribution in [0, 0.1) is 0 Å². The van der Waals surface area contributed by atoms with E-state index in [1.165, 1.54) is 15.8 Å². The van der Waals surface area contributed by atoms with Crippen LogP contribution in [0.25, 0.3) is 21.8 Å². The summed E-state index contributed by atoms with van der Waals surface area (Å²) in [6, 6.07) is 18.7. The molecule has 3 N–H and O–H groups in total. The Hall–Kier alpha value is -5.74. The van der Waals surface area contributed by atoms with Crippen molar-refractivity contribution in [1.82, 2.24) is 39.5 Å². The molecule has 0 radical (unpaired) electrons. The fourth-order valence-corrected chi connectivity index (χ4v) is 9.40. The minimum Gasteiger partial charge on any atom is -0.388 e. The number of likely N-dealkylation sites (tertiary alicyclic amines) is 1. The van der Waals surface area contributed by atoms with E-state index in [1.54, 1.807) is 42.3 Å². The van der Waals surface area contributed by atoms with Crippen molar-refractivity contribution in [3.05, 3.63) is 111 Å². The zero-order chi connectivity index (χ0) is 45.0. The molecule has 16 heteroatoms. The van der Waals surface area contributed by atoms with Crippen LogP contribution < -0.4 is 16.2 Å². The van der Waals surface area contributed by atoms with Crippen LogP contribution in [0.15, 0.2) is 77.9 Å². The molecule has 2 fully saturated rings. The molecule has 2 aliphatic heterocycles. The second-order valence-corrected chi connectivity index (χ2v) is 18.0. The van der Waals surface area contributed by atoms with Gasteiger partial charge in [0, 0.05) is 88.0 Å². The predicted molar refractivity (Wildman–Crippen MR) is 246 cm³/mol. The zero-order valence-corrected chi connectivity index (χ0v) is 37.3. The number of amides is 4. The lowest BCUT2D eigenvalue weighted by Gasteiger charge is -2.39. The Morgan fingerprint density at radius 2 is 1.62 bits per heavy atom. The van der Waals surface area contributed by atoms with Gasteiger partial charge in [-0.05, 0) is 87.0 Å². The largest absolute Gasteiger partial charge is 0.388 e. The number of anilines is 1. The lowest BCUT2D eigenvalue weighted by Crippen LogP contribution is -2.56. The third kappa shape index (κ3) is 10.4. The number of hydrogen-bond acceptors (Lipinski definition) is 10. The van der Waals surface area contributed by atoms with Crippen LogP contribution in [-0.4, -0.2) is 141 Å². The van der Waals surface area contributed by atoms with Crippen LogP contribution in [0.4, 0.5) is 5.69 Å². The van der Waals surface area contributed by atoms with Gasteiger partial charge in [-0.1, -0.05) is 48.0 Å². The van der Waals surface area contributed by atoms with Gasteiger partial charge >= 0.3 is 0 Å². The maximum absolute atomic E-state index is 14.2. The van der Waals surface area contributed by atoms with Crippen molar-refractivity contribution in [1.29, 1.82) is 0 Å². The predicted octanol–water partition coefficient (Wildman–Crippen LogP) is 3.91. The van der Waals surface area contributed by atoms with Gasteiger partial charge < -0.3 is 35.3 Å². The van der Waals surface area contributed by atoms with E-state index in [0.717, 1.165) is 74.1 Å². The summed E-state index contributed by atoms with van der Waals surface area (Å²) in [6.45, 7) is 4.62. The molecule has 2 saturated heterocycles. The number of piperidine rings is 1. The van der Waals surface area contributed by atoms with Crippen LogP contribution in [-0.2, 0) is 40.2 Å². The third-order valence-electron chi connectivity index (χ3n) is 12.9. The maximum Gasteiger partial charge on any atom is 0.261 e. The number of aryl methyl sites for hydroxylation is 1. The van der Waals surface area contributed by atoms with E-state index < -0.39 is 17.6 Å². The highest BCUT2D eigenvalue weighted by molar-refractivity contribution is 6.36. The van der Waals surface area contributed by atoms with Crippen molar-refractivity contribution in [2.24, 2.45) is 0 Å². The number of hydrogen-bond donors (Lipinski definition) is 3. The molecule has 3 aromatic carbocycles. The summed E-state index contributed by atoms with van der Waals surface area (Å²) in [5.41, 5.74) is 3.29. The van der Waals surface area contributed by atoms with E-state index in [-0.39, 0.29) is 68.7 Å². The number of carbonyl (C=O) groups excluding carboxylic acids is 4. The second kappa shape index (κ2) is 19.6. The molecule has 2 aromatic heterocycles. The molecule has 3 aliphatic rings. The summed E-state index contributed by atoms with van der Waals surface area (Å²) < 4.78 is 1.39. The van der Waals surface area contributed by atoms with E-state index in [4.69, 9.17) is 16.6 Å². The average molecular weight is 890 g/mol. The van der Waals surface area contributed by atoms with Crippen LogP contribution in [0.5, 0.6) is 0 Å². The highest BCUT2D eigenvalue weighted by Gasteiger charge is 2.37. The molecule has 4 heterocycles. The molecule has 8 rings (SSSR count). The van der Waals surface area contributed by atoms with Crippen molar-refractivity contribution < 1.29 is 24.3 Å².